The van der Waals surface area contributed by atoms with Crippen molar-refractivity contribution < 1.29 is 8.42 Å². The summed E-state index contributed by atoms with van der Waals surface area (Å²) in [4.78, 5) is 4.11. The molecular formula is C13H12Br2N2O2S. The molecule has 4 nitrogen and oxygen atoms in total. The normalized spacial score (nSPS) is 11.4. The van der Waals surface area contributed by atoms with E-state index >= 15 is 0 Å². The van der Waals surface area contributed by atoms with Gasteiger partial charge in [-0.2, -0.15) is 0 Å². The summed E-state index contributed by atoms with van der Waals surface area (Å²) in [6.07, 6.45) is 3.11. The number of halogens is 2. The number of nitrogens with one attached hydrogen (secondary N) is 1. The van der Waals surface area contributed by atoms with Crippen LogP contribution in [0.1, 0.15) is 11.1 Å². The Bertz CT molecular complexity index is 761. The lowest BCUT2D eigenvalue weighted by Crippen LogP contribution is -2.14. The zero-order valence-electron chi connectivity index (χ0n) is 10.8. The van der Waals surface area contributed by atoms with E-state index < -0.39 is 10.0 Å². The van der Waals surface area contributed by atoms with Crippen LogP contribution in [0.4, 0.5) is 5.69 Å². The minimum Gasteiger partial charge on any atom is -0.278 e. The van der Waals surface area contributed by atoms with Crippen LogP contribution in [0.15, 0.2) is 44.4 Å². The van der Waals surface area contributed by atoms with E-state index in [9.17, 15) is 8.42 Å². The molecule has 7 heteroatoms. The lowest BCUT2D eigenvalue weighted by Gasteiger charge is -2.12. The van der Waals surface area contributed by atoms with Crippen molar-refractivity contribution in [1.82, 2.24) is 4.98 Å². The first-order chi connectivity index (χ1) is 9.31. The van der Waals surface area contributed by atoms with Crippen molar-refractivity contribution in [2.45, 2.75) is 18.7 Å². The standard InChI is InChI=1S/C13H12Br2N2O2S/c1-8-3-4-16-7-12(8)17-20(18,19)13-6-10(14)9(2)5-11(13)15/h3-7,17H,1-2H3. The largest absolute Gasteiger partial charge is 0.278 e. The summed E-state index contributed by atoms with van der Waals surface area (Å²) in [5, 5.41) is 0. The maximum Gasteiger partial charge on any atom is 0.263 e. The second-order valence-corrected chi connectivity index (χ2v) is 7.69. The molecule has 2 aromatic rings. The van der Waals surface area contributed by atoms with Crippen LogP contribution >= 0.6 is 31.9 Å². The Balaban J connectivity index is 2.47. The second-order valence-electron chi connectivity index (χ2n) is 4.33. The molecule has 0 amide bonds. The molecule has 0 saturated heterocycles. The van der Waals surface area contributed by atoms with E-state index in [2.05, 4.69) is 41.6 Å². The number of anilines is 1. The number of aromatic nitrogens is 1. The van der Waals surface area contributed by atoms with Gasteiger partial charge in [-0.3, -0.25) is 9.71 Å². The van der Waals surface area contributed by atoms with Gasteiger partial charge in [0.2, 0.25) is 0 Å². The van der Waals surface area contributed by atoms with E-state index in [0.29, 0.717) is 10.2 Å². The molecular weight excluding hydrogens is 408 g/mol. The first-order valence-corrected chi connectivity index (χ1v) is 8.77. The molecule has 0 aliphatic carbocycles. The van der Waals surface area contributed by atoms with Crippen LogP contribution in [0.3, 0.4) is 0 Å². The topological polar surface area (TPSA) is 59.1 Å². The van der Waals surface area contributed by atoms with E-state index in [1.165, 1.54) is 6.20 Å². The van der Waals surface area contributed by atoms with E-state index in [1.54, 1.807) is 24.4 Å². The van der Waals surface area contributed by atoms with Crippen LogP contribution in [0, 0.1) is 13.8 Å². The Morgan fingerprint density at radius 2 is 1.80 bits per heavy atom. The molecule has 1 aromatic carbocycles. The van der Waals surface area contributed by atoms with Crippen LogP contribution in [0.2, 0.25) is 0 Å². The molecule has 0 saturated carbocycles. The molecule has 0 aliphatic rings. The smallest absolute Gasteiger partial charge is 0.263 e. The van der Waals surface area contributed by atoms with Gasteiger partial charge in [-0.1, -0.05) is 15.9 Å². The van der Waals surface area contributed by atoms with Gasteiger partial charge in [-0.25, -0.2) is 8.42 Å². The van der Waals surface area contributed by atoms with Crippen LogP contribution in [0.5, 0.6) is 0 Å². The Morgan fingerprint density at radius 3 is 2.45 bits per heavy atom. The summed E-state index contributed by atoms with van der Waals surface area (Å²) in [7, 11) is -3.67. The lowest BCUT2D eigenvalue weighted by molar-refractivity contribution is 0.600. The highest BCUT2D eigenvalue weighted by molar-refractivity contribution is 9.11. The fourth-order valence-corrected chi connectivity index (χ4v) is 4.40. The number of sulfonamides is 1. The van der Waals surface area contributed by atoms with Gasteiger partial charge in [0.15, 0.2) is 0 Å². The molecule has 0 atom stereocenters. The Labute approximate surface area is 134 Å². The van der Waals surface area contributed by atoms with Gasteiger partial charge in [-0.15, -0.1) is 0 Å². The SMILES string of the molecule is Cc1cc(Br)c(S(=O)(=O)Nc2cnccc2C)cc1Br. The molecule has 0 fully saturated rings. The minimum atomic E-state index is -3.67. The summed E-state index contributed by atoms with van der Waals surface area (Å²) in [6, 6.07) is 5.08. The zero-order chi connectivity index (χ0) is 14.9. The third-order valence-corrected chi connectivity index (χ3v) is 5.96. The second kappa shape index (κ2) is 5.83. The molecule has 0 radical (unpaired) electrons. The molecule has 1 N–H and O–H groups in total. The van der Waals surface area contributed by atoms with Crippen LogP contribution in [-0.4, -0.2) is 13.4 Å². The van der Waals surface area contributed by atoms with Crippen LogP contribution in [0.25, 0.3) is 0 Å². The minimum absolute atomic E-state index is 0.179. The third kappa shape index (κ3) is 3.21. The highest BCUT2D eigenvalue weighted by Crippen LogP contribution is 2.30. The highest BCUT2D eigenvalue weighted by Gasteiger charge is 2.20. The molecule has 106 valence electrons. The van der Waals surface area contributed by atoms with Crippen molar-refractivity contribution in [3.63, 3.8) is 0 Å². The average Bonchev–Trinajstić information content (AvgIpc) is 2.36. The number of hydrogen-bond acceptors (Lipinski definition) is 3. The van der Waals surface area contributed by atoms with Crippen molar-refractivity contribution >= 4 is 47.6 Å². The summed E-state index contributed by atoms with van der Waals surface area (Å²) in [5.74, 6) is 0. The number of rotatable bonds is 3. The van der Waals surface area contributed by atoms with Crippen molar-refractivity contribution in [1.29, 1.82) is 0 Å². The molecule has 0 unspecified atom stereocenters. The molecule has 1 aromatic heterocycles. The quantitative estimate of drug-likeness (QED) is 0.816. The van der Waals surface area contributed by atoms with Crippen LogP contribution in [-0.2, 0) is 10.0 Å². The molecule has 0 bridgehead atoms. The monoisotopic (exact) mass is 418 g/mol. The van der Waals surface area contributed by atoms with E-state index in [1.807, 2.05) is 13.8 Å². The van der Waals surface area contributed by atoms with Gasteiger partial charge in [0.05, 0.1) is 11.9 Å². The number of pyridine rings is 1. The van der Waals surface area contributed by atoms with E-state index in [0.717, 1.165) is 15.6 Å². The predicted molar refractivity (Wildman–Crippen MR) is 86.4 cm³/mol. The lowest BCUT2D eigenvalue weighted by atomic mass is 10.2. The zero-order valence-corrected chi connectivity index (χ0v) is 14.8. The van der Waals surface area contributed by atoms with Gasteiger partial charge in [0, 0.05) is 15.1 Å². The van der Waals surface area contributed by atoms with Crippen molar-refractivity contribution in [3.05, 3.63) is 50.7 Å². The highest BCUT2D eigenvalue weighted by atomic mass is 79.9. The van der Waals surface area contributed by atoms with Gasteiger partial charge in [-0.05, 0) is 59.1 Å². The number of nitrogens with zero attached hydrogens (tertiary/aromatic N) is 1. The van der Waals surface area contributed by atoms with E-state index in [-0.39, 0.29) is 4.90 Å². The summed E-state index contributed by atoms with van der Waals surface area (Å²) >= 11 is 6.64. The number of hydrogen-bond donors (Lipinski definition) is 1. The maximum atomic E-state index is 12.4. The fraction of sp³-hybridized carbons (Fsp3) is 0.154. The Morgan fingerprint density at radius 1 is 1.10 bits per heavy atom. The van der Waals surface area contributed by atoms with Gasteiger partial charge >= 0.3 is 0 Å². The third-order valence-electron chi connectivity index (χ3n) is 2.79. The van der Waals surface area contributed by atoms with Gasteiger partial charge in [0.1, 0.15) is 4.90 Å². The predicted octanol–water partition coefficient (Wildman–Crippen LogP) is 4.02. The Kier molecular flexibility index (Phi) is 4.51. The van der Waals surface area contributed by atoms with Gasteiger partial charge < -0.3 is 0 Å². The molecule has 0 spiro atoms. The Hall–Kier alpha value is -0.920. The molecule has 2 rings (SSSR count). The van der Waals surface area contributed by atoms with Crippen molar-refractivity contribution in [3.8, 4) is 0 Å². The first kappa shape index (κ1) is 15.5. The van der Waals surface area contributed by atoms with Gasteiger partial charge in [0.25, 0.3) is 10.0 Å². The maximum absolute atomic E-state index is 12.4. The molecule has 20 heavy (non-hydrogen) atoms. The summed E-state index contributed by atoms with van der Waals surface area (Å²) < 4.78 is 28.7. The first-order valence-electron chi connectivity index (χ1n) is 5.70. The van der Waals surface area contributed by atoms with Crippen molar-refractivity contribution in [2.75, 3.05) is 4.72 Å². The molecule has 1 heterocycles. The number of benzene rings is 1. The molecule has 0 aliphatic heterocycles. The fourth-order valence-electron chi connectivity index (χ4n) is 1.60. The summed E-state index contributed by atoms with van der Waals surface area (Å²) in [5.41, 5.74) is 2.23. The number of aryl methyl sites for hydroxylation is 2. The van der Waals surface area contributed by atoms with E-state index in [4.69, 9.17) is 0 Å². The average molecular weight is 420 g/mol. The van der Waals surface area contributed by atoms with Crippen LogP contribution < -0.4 is 4.72 Å². The summed E-state index contributed by atoms with van der Waals surface area (Å²) in [6.45, 7) is 3.71. The van der Waals surface area contributed by atoms with Crippen molar-refractivity contribution in [2.24, 2.45) is 0 Å².